The molecule has 36 heavy (non-hydrogen) atoms. The van der Waals surface area contributed by atoms with E-state index in [4.69, 9.17) is 9.90 Å². The molecule has 0 aromatic carbocycles. The van der Waals surface area contributed by atoms with Crippen molar-refractivity contribution in [2.75, 3.05) is 37.6 Å². The van der Waals surface area contributed by atoms with E-state index in [9.17, 15) is 17.2 Å². The Morgan fingerprint density at radius 1 is 1.25 bits per heavy atom. The molecule has 3 aromatic rings. The van der Waals surface area contributed by atoms with Crippen LogP contribution in [0.1, 0.15) is 38.1 Å². The maximum Gasteiger partial charge on any atom is 0.291 e. The minimum absolute atomic E-state index is 0.105. The quantitative estimate of drug-likeness (QED) is 0.431. The van der Waals surface area contributed by atoms with Crippen LogP contribution in [0.2, 0.25) is 0 Å². The number of imidazole rings is 1. The first kappa shape index (κ1) is 26.3. The van der Waals surface area contributed by atoms with Gasteiger partial charge >= 0.3 is 0 Å². The summed E-state index contributed by atoms with van der Waals surface area (Å²) in [6.45, 7) is 7.88. The number of carbonyl (C=O) groups is 1. The first-order chi connectivity index (χ1) is 17.1. The SMILES string of the molecule is CCN1CCN(c2cc(S(=O)(=O)NC3(C)CC3)cn3c(-c4nnc(C(F)F)s4)cnc23)CC1.O=CO. The van der Waals surface area contributed by atoms with Gasteiger partial charge in [0.2, 0.25) is 10.0 Å². The maximum atomic E-state index is 13.2. The van der Waals surface area contributed by atoms with Gasteiger partial charge in [0.05, 0.1) is 11.9 Å². The molecule has 0 amide bonds. The molecule has 2 aliphatic rings. The van der Waals surface area contributed by atoms with Crippen LogP contribution in [0.25, 0.3) is 16.3 Å². The Labute approximate surface area is 210 Å². The summed E-state index contributed by atoms with van der Waals surface area (Å²) < 4.78 is 57.0. The molecule has 0 radical (unpaired) electrons. The Morgan fingerprint density at radius 3 is 2.47 bits per heavy atom. The van der Waals surface area contributed by atoms with Gasteiger partial charge in [0, 0.05) is 37.9 Å². The maximum absolute atomic E-state index is 13.2. The molecule has 3 aromatic heterocycles. The van der Waals surface area contributed by atoms with Gasteiger partial charge < -0.3 is 14.9 Å². The fourth-order valence-electron chi connectivity index (χ4n) is 3.99. The number of aromatic nitrogens is 4. The monoisotopic (exact) mass is 543 g/mol. The van der Waals surface area contributed by atoms with Gasteiger partial charge in [0.25, 0.3) is 12.9 Å². The summed E-state index contributed by atoms with van der Waals surface area (Å²) in [4.78, 5) is 17.4. The summed E-state index contributed by atoms with van der Waals surface area (Å²) in [5.41, 5.74) is 1.25. The number of likely N-dealkylation sites (N-methyl/N-ethyl adjacent to an activating group) is 1. The highest BCUT2D eigenvalue weighted by molar-refractivity contribution is 7.89. The fourth-order valence-corrected chi connectivity index (χ4v) is 6.17. The number of pyridine rings is 1. The number of rotatable bonds is 7. The van der Waals surface area contributed by atoms with Crippen molar-refractivity contribution < 1.29 is 27.1 Å². The molecule has 2 N–H and O–H groups in total. The number of carboxylic acid groups (broad SMARTS) is 1. The average molecular weight is 544 g/mol. The van der Waals surface area contributed by atoms with Gasteiger partial charge in [0.15, 0.2) is 15.7 Å². The number of nitrogens with one attached hydrogen (secondary N) is 1. The Balaban J connectivity index is 0.000000967. The largest absolute Gasteiger partial charge is 0.483 e. The molecule has 0 bridgehead atoms. The summed E-state index contributed by atoms with van der Waals surface area (Å²) in [5, 5.41) is 14.2. The Kier molecular flexibility index (Phi) is 7.54. The number of piperazine rings is 1. The molecule has 5 rings (SSSR count). The van der Waals surface area contributed by atoms with E-state index in [1.165, 1.54) is 12.4 Å². The second-order valence-electron chi connectivity index (χ2n) is 8.84. The third-order valence-electron chi connectivity index (χ3n) is 6.26. The lowest BCUT2D eigenvalue weighted by Crippen LogP contribution is -2.46. The third kappa shape index (κ3) is 5.48. The van der Waals surface area contributed by atoms with E-state index in [2.05, 4.69) is 36.6 Å². The van der Waals surface area contributed by atoms with Crippen LogP contribution in [0.15, 0.2) is 23.4 Å². The highest BCUT2D eigenvalue weighted by Crippen LogP contribution is 2.37. The van der Waals surface area contributed by atoms with E-state index in [1.807, 2.05) is 6.92 Å². The number of fused-ring (bicyclic) bond motifs is 1. The summed E-state index contributed by atoms with van der Waals surface area (Å²) >= 11 is 0.773. The lowest BCUT2D eigenvalue weighted by molar-refractivity contribution is -0.122. The van der Waals surface area contributed by atoms with Crippen LogP contribution in [0.5, 0.6) is 0 Å². The number of alkyl halides is 2. The molecule has 0 unspecified atom stereocenters. The normalized spacial score (nSPS) is 17.8. The van der Waals surface area contributed by atoms with Gasteiger partial charge in [-0.3, -0.25) is 9.20 Å². The molecule has 11 nitrogen and oxygen atoms in total. The van der Waals surface area contributed by atoms with Gasteiger partial charge in [-0.25, -0.2) is 26.9 Å². The van der Waals surface area contributed by atoms with Gasteiger partial charge in [-0.1, -0.05) is 18.3 Å². The molecule has 196 valence electrons. The van der Waals surface area contributed by atoms with Crippen LogP contribution in [-0.2, 0) is 14.8 Å². The van der Waals surface area contributed by atoms with Gasteiger partial charge in [-0.15, -0.1) is 10.2 Å². The zero-order valence-electron chi connectivity index (χ0n) is 19.8. The molecular weight excluding hydrogens is 516 g/mol. The summed E-state index contributed by atoms with van der Waals surface area (Å²) in [7, 11) is -3.80. The zero-order chi connectivity index (χ0) is 26.1. The lowest BCUT2D eigenvalue weighted by atomic mass is 10.2. The predicted octanol–water partition coefficient (Wildman–Crippen LogP) is 2.46. The smallest absolute Gasteiger partial charge is 0.291 e. The Hall–Kier alpha value is -2.75. The molecule has 1 aliphatic heterocycles. The number of sulfonamides is 1. The van der Waals surface area contributed by atoms with E-state index < -0.39 is 22.0 Å². The van der Waals surface area contributed by atoms with Crippen molar-refractivity contribution in [2.45, 2.75) is 43.5 Å². The average Bonchev–Trinajstić information content (AvgIpc) is 3.23. The van der Waals surface area contributed by atoms with Crippen molar-refractivity contribution in [3.63, 3.8) is 0 Å². The molecule has 0 spiro atoms. The van der Waals surface area contributed by atoms with Crippen LogP contribution in [0.4, 0.5) is 14.5 Å². The number of hydrogen-bond acceptors (Lipinski definition) is 9. The molecule has 1 saturated carbocycles. The van der Waals surface area contributed by atoms with Crippen LogP contribution in [-0.4, -0.2) is 82.7 Å². The number of hydrogen-bond donors (Lipinski definition) is 2. The minimum atomic E-state index is -3.80. The zero-order valence-corrected chi connectivity index (χ0v) is 21.4. The van der Waals surface area contributed by atoms with Crippen LogP contribution >= 0.6 is 11.3 Å². The number of nitrogens with zero attached hydrogens (tertiary/aromatic N) is 6. The number of halogens is 2. The van der Waals surface area contributed by atoms with E-state index in [1.54, 1.807) is 10.5 Å². The van der Waals surface area contributed by atoms with Crippen LogP contribution in [0.3, 0.4) is 0 Å². The second kappa shape index (κ2) is 10.3. The van der Waals surface area contributed by atoms with E-state index in [0.717, 1.165) is 56.9 Å². The molecular formula is C21H27F2N7O4S2. The van der Waals surface area contributed by atoms with Crippen molar-refractivity contribution in [1.29, 1.82) is 0 Å². The van der Waals surface area contributed by atoms with Gasteiger partial charge in [0.1, 0.15) is 10.6 Å². The van der Waals surface area contributed by atoms with Gasteiger partial charge in [-0.2, -0.15) is 0 Å². The lowest BCUT2D eigenvalue weighted by Gasteiger charge is -2.35. The van der Waals surface area contributed by atoms with Crippen molar-refractivity contribution in [1.82, 2.24) is 29.2 Å². The molecule has 0 atom stereocenters. The molecule has 1 aliphatic carbocycles. The van der Waals surface area contributed by atoms with E-state index >= 15 is 0 Å². The highest BCUT2D eigenvalue weighted by atomic mass is 32.2. The van der Waals surface area contributed by atoms with Crippen LogP contribution in [0, 0.1) is 0 Å². The standard InChI is InChI=1S/C20H25F2N7O2S2.CH2O2/c1-3-27-6-8-28(9-7-27)14-10-13(33(30,31)26-20(2)4-5-20)12-29-15(11-23-17(14)29)18-24-25-19(32-18)16(21)22;2-1-3/h10-12,16,26H,3-9H2,1-2H3;1H,(H,2,3). The summed E-state index contributed by atoms with van der Waals surface area (Å²) in [6, 6.07) is 1.66. The fraction of sp³-hybridized carbons (Fsp3) is 0.524. The first-order valence-electron chi connectivity index (χ1n) is 11.3. The highest BCUT2D eigenvalue weighted by Gasteiger charge is 2.41. The summed E-state index contributed by atoms with van der Waals surface area (Å²) in [5.74, 6) is 0. The molecule has 2 fully saturated rings. The Morgan fingerprint density at radius 2 is 1.92 bits per heavy atom. The second-order valence-corrected chi connectivity index (χ2v) is 11.5. The first-order valence-corrected chi connectivity index (χ1v) is 13.6. The predicted molar refractivity (Wildman–Crippen MR) is 130 cm³/mol. The molecule has 1 saturated heterocycles. The Bertz CT molecular complexity index is 1330. The topological polar surface area (TPSA) is 133 Å². The summed E-state index contributed by atoms with van der Waals surface area (Å²) in [6.07, 6.45) is 1.87. The number of anilines is 1. The third-order valence-corrected chi connectivity index (χ3v) is 8.82. The molecule has 15 heteroatoms. The van der Waals surface area contributed by atoms with E-state index in [0.29, 0.717) is 17.0 Å². The van der Waals surface area contributed by atoms with E-state index in [-0.39, 0.29) is 21.4 Å². The van der Waals surface area contributed by atoms with Crippen molar-refractivity contribution >= 4 is 39.2 Å². The van der Waals surface area contributed by atoms with Crippen molar-refractivity contribution in [3.8, 4) is 10.7 Å². The van der Waals surface area contributed by atoms with Gasteiger partial charge in [-0.05, 0) is 32.4 Å². The minimum Gasteiger partial charge on any atom is -0.483 e. The van der Waals surface area contributed by atoms with Crippen LogP contribution < -0.4 is 9.62 Å². The molecule has 4 heterocycles. The van der Waals surface area contributed by atoms with Crippen molar-refractivity contribution in [3.05, 3.63) is 23.5 Å². The van der Waals surface area contributed by atoms with Crippen molar-refractivity contribution in [2.24, 2.45) is 0 Å².